The first kappa shape index (κ1) is 13.3. The quantitative estimate of drug-likeness (QED) is 0.620. The Hall–Kier alpha value is -0.750. The molecule has 0 aromatic heterocycles. The number of rotatable bonds is 6. The van der Waals surface area contributed by atoms with Gasteiger partial charge in [0.1, 0.15) is 6.61 Å². The molecule has 0 aliphatic heterocycles. The van der Waals surface area contributed by atoms with E-state index in [9.17, 15) is 13.6 Å². The summed E-state index contributed by atoms with van der Waals surface area (Å²) in [6.07, 6.45) is 4.39. The molecule has 1 aliphatic rings. The van der Waals surface area contributed by atoms with Crippen LogP contribution in [0.1, 0.15) is 25.7 Å². The van der Waals surface area contributed by atoms with E-state index >= 15 is 0 Å². The maximum atomic E-state index is 12.6. The Morgan fingerprint density at radius 1 is 1.38 bits per heavy atom. The van der Waals surface area contributed by atoms with Gasteiger partial charge in [-0.1, -0.05) is 12.8 Å². The van der Waals surface area contributed by atoms with E-state index in [0.29, 0.717) is 6.04 Å². The second-order valence-electron chi connectivity index (χ2n) is 4.15. The number of nitrogens with one attached hydrogen (secondary N) is 2. The zero-order chi connectivity index (χ0) is 12.0. The highest BCUT2D eigenvalue weighted by molar-refractivity contribution is 5.78. The van der Waals surface area contributed by atoms with Gasteiger partial charge in [-0.25, -0.2) is 8.78 Å². The van der Waals surface area contributed by atoms with Crippen molar-refractivity contribution in [2.24, 2.45) is 0 Å². The summed E-state index contributed by atoms with van der Waals surface area (Å²) < 4.78 is 25.1. The summed E-state index contributed by atoms with van der Waals surface area (Å²) in [5.41, 5.74) is 0. The second kappa shape index (κ2) is 6.10. The van der Waals surface area contributed by atoms with Crippen LogP contribution >= 0.6 is 0 Å². The van der Waals surface area contributed by atoms with Gasteiger partial charge in [-0.2, -0.15) is 0 Å². The molecular formula is C10H18F2N2O2. The average Bonchev–Trinajstić information content (AvgIpc) is 2.76. The molecule has 0 heterocycles. The Labute approximate surface area is 93.4 Å². The molecule has 6 heteroatoms. The van der Waals surface area contributed by atoms with Gasteiger partial charge in [0.25, 0.3) is 5.92 Å². The molecule has 0 bridgehead atoms. The summed E-state index contributed by atoms with van der Waals surface area (Å²) in [6.45, 7) is -2.00. The highest BCUT2D eigenvalue weighted by atomic mass is 19.3. The molecule has 4 nitrogen and oxygen atoms in total. The van der Waals surface area contributed by atoms with Crippen molar-refractivity contribution in [3.05, 3.63) is 0 Å². The lowest BCUT2D eigenvalue weighted by Crippen LogP contribution is -2.44. The van der Waals surface area contributed by atoms with E-state index in [2.05, 4.69) is 10.6 Å². The lowest BCUT2D eigenvalue weighted by molar-refractivity contribution is -0.123. The van der Waals surface area contributed by atoms with Gasteiger partial charge in [0.05, 0.1) is 13.1 Å². The molecule has 94 valence electrons. The van der Waals surface area contributed by atoms with Gasteiger partial charge in [-0.05, 0) is 12.8 Å². The van der Waals surface area contributed by atoms with E-state index < -0.39 is 25.0 Å². The molecule has 0 aromatic rings. The summed E-state index contributed by atoms with van der Waals surface area (Å²) in [6, 6.07) is 0.337. The Bertz CT molecular complexity index is 231. The number of carbonyl (C=O) groups is 1. The SMILES string of the molecule is O=C(CNC1CCCC1)NCC(F)(F)CO. The van der Waals surface area contributed by atoms with Gasteiger partial charge in [0.15, 0.2) is 0 Å². The Morgan fingerprint density at radius 3 is 2.56 bits per heavy atom. The summed E-state index contributed by atoms with van der Waals surface area (Å²) in [7, 11) is 0. The zero-order valence-electron chi connectivity index (χ0n) is 9.14. The molecule has 1 fully saturated rings. The number of hydrogen-bond acceptors (Lipinski definition) is 3. The van der Waals surface area contributed by atoms with E-state index in [1.807, 2.05) is 0 Å². The first-order valence-electron chi connectivity index (χ1n) is 5.52. The lowest BCUT2D eigenvalue weighted by Gasteiger charge is -2.15. The molecule has 16 heavy (non-hydrogen) atoms. The number of carbonyl (C=O) groups excluding carboxylic acids is 1. The molecular weight excluding hydrogens is 218 g/mol. The van der Waals surface area contributed by atoms with Crippen molar-refractivity contribution in [3.63, 3.8) is 0 Å². The molecule has 0 radical (unpaired) electrons. The predicted octanol–water partition coefficient (Wildman–Crippen LogP) is 0.262. The van der Waals surface area contributed by atoms with Gasteiger partial charge in [-0.3, -0.25) is 4.79 Å². The minimum Gasteiger partial charge on any atom is -0.390 e. The van der Waals surface area contributed by atoms with Crippen LogP contribution in [-0.2, 0) is 4.79 Å². The number of aliphatic hydroxyl groups excluding tert-OH is 1. The third kappa shape index (κ3) is 4.85. The van der Waals surface area contributed by atoms with E-state index in [4.69, 9.17) is 5.11 Å². The summed E-state index contributed by atoms with van der Waals surface area (Å²) in [5, 5.41) is 13.4. The zero-order valence-corrected chi connectivity index (χ0v) is 9.14. The highest BCUT2D eigenvalue weighted by Crippen LogP contribution is 2.17. The molecule has 1 saturated carbocycles. The van der Waals surface area contributed by atoms with E-state index in [0.717, 1.165) is 25.7 Å². The van der Waals surface area contributed by atoms with Crippen LogP contribution in [0.3, 0.4) is 0 Å². The lowest BCUT2D eigenvalue weighted by atomic mass is 10.2. The molecule has 0 unspecified atom stereocenters. The van der Waals surface area contributed by atoms with Crippen LogP contribution in [0.4, 0.5) is 8.78 Å². The Morgan fingerprint density at radius 2 is 2.00 bits per heavy atom. The van der Waals surface area contributed by atoms with Crippen molar-refractivity contribution in [2.45, 2.75) is 37.6 Å². The largest absolute Gasteiger partial charge is 0.390 e. The third-order valence-corrected chi connectivity index (χ3v) is 2.68. The standard InChI is InChI=1S/C10H18F2N2O2/c11-10(12,7-15)6-14-9(16)5-13-8-3-1-2-4-8/h8,13,15H,1-7H2,(H,14,16). The van der Waals surface area contributed by atoms with Crippen molar-refractivity contribution in [3.8, 4) is 0 Å². The Balaban J connectivity index is 2.10. The molecule has 1 aliphatic carbocycles. The molecule has 0 aromatic carbocycles. The first-order chi connectivity index (χ1) is 7.53. The van der Waals surface area contributed by atoms with Crippen molar-refractivity contribution < 1.29 is 18.7 Å². The van der Waals surface area contributed by atoms with E-state index in [1.165, 1.54) is 0 Å². The fourth-order valence-corrected chi connectivity index (χ4v) is 1.71. The minimum absolute atomic E-state index is 0.0617. The number of amides is 1. The van der Waals surface area contributed by atoms with Crippen molar-refractivity contribution >= 4 is 5.91 Å². The monoisotopic (exact) mass is 236 g/mol. The normalized spacial score (nSPS) is 17.7. The maximum absolute atomic E-state index is 12.6. The highest BCUT2D eigenvalue weighted by Gasteiger charge is 2.28. The van der Waals surface area contributed by atoms with E-state index in [-0.39, 0.29) is 6.54 Å². The number of aliphatic hydroxyl groups is 1. The molecule has 1 amide bonds. The van der Waals surface area contributed by atoms with Crippen molar-refractivity contribution in [2.75, 3.05) is 19.7 Å². The molecule has 0 atom stereocenters. The maximum Gasteiger partial charge on any atom is 0.287 e. The van der Waals surface area contributed by atoms with Crippen LogP contribution in [0.25, 0.3) is 0 Å². The number of halogens is 2. The van der Waals surface area contributed by atoms with Crippen LogP contribution in [0, 0.1) is 0 Å². The molecule has 1 rings (SSSR count). The van der Waals surface area contributed by atoms with Crippen LogP contribution < -0.4 is 10.6 Å². The minimum atomic E-state index is -3.23. The van der Waals surface area contributed by atoms with Gasteiger partial charge < -0.3 is 15.7 Å². The average molecular weight is 236 g/mol. The van der Waals surface area contributed by atoms with Gasteiger partial charge >= 0.3 is 0 Å². The smallest absolute Gasteiger partial charge is 0.287 e. The van der Waals surface area contributed by atoms with Crippen LogP contribution in [0.2, 0.25) is 0 Å². The van der Waals surface area contributed by atoms with Crippen molar-refractivity contribution in [1.82, 2.24) is 10.6 Å². The Kier molecular flexibility index (Phi) is 5.08. The summed E-state index contributed by atoms with van der Waals surface area (Å²) in [5.74, 6) is -3.69. The summed E-state index contributed by atoms with van der Waals surface area (Å²) in [4.78, 5) is 11.2. The fraction of sp³-hybridized carbons (Fsp3) is 0.900. The number of hydrogen-bond donors (Lipinski definition) is 3. The predicted molar refractivity (Wildman–Crippen MR) is 55.3 cm³/mol. The van der Waals surface area contributed by atoms with Crippen molar-refractivity contribution in [1.29, 1.82) is 0 Å². The van der Waals surface area contributed by atoms with Gasteiger partial charge in [-0.15, -0.1) is 0 Å². The van der Waals surface area contributed by atoms with Gasteiger partial charge in [0.2, 0.25) is 5.91 Å². The first-order valence-corrected chi connectivity index (χ1v) is 5.52. The number of alkyl halides is 2. The third-order valence-electron chi connectivity index (χ3n) is 2.68. The summed E-state index contributed by atoms with van der Waals surface area (Å²) >= 11 is 0. The molecule has 0 saturated heterocycles. The molecule has 3 N–H and O–H groups in total. The van der Waals surface area contributed by atoms with Crippen LogP contribution in [-0.4, -0.2) is 42.7 Å². The van der Waals surface area contributed by atoms with Crippen LogP contribution in [0.5, 0.6) is 0 Å². The molecule has 0 spiro atoms. The fourth-order valence-electron chi connectivity index (χ4n) is 1.71. The van der Waals surface area contributed by atoms with Gasteiger partial charge in [0, 0.05) is 6.04 Å². The van der Waals surface area contributed by atoms with E-state index in [1.54, 1.807) is 0 Å². The topological polar surface area (TPSA) is 61.4 Å². The van der Waals surface area contributed by atoms with Crippen LogP contribution in [0.15, 0.2) is 0 Å². The second-order valence-corrected chi connectivity index (χ2v) is 4.15.